The molecule has 6 nitrogen and oxygen atoms in total. The van der Waals surface area contributed by atoms with Gasteiger partial charge in [-0.05, 0) is 67.8 Å². The number of rotatable bonds is 7. The molecule has 0 saturated carbocycles. The molecule has 2 aromatic carbocycles. The maximum Gasteiger partial charge on any atom is 0.276 e. The summed E-state index contributed by atoms with van der Waals surface area (Å²) >= 11 is 0. The lowest BCUT2D eigenvalue weighted by Crippen LogP contribution is -2.43. The Morgan fingerprint density at radius 2 is 1.59 bits per heavy atom. The Labute approximate surface area is 159 Å². The van der Waals surface area contributed by atoms with Gasteiger partial charge in [0.15, 0.2) is 6.61 Å². The van der Waals surface area contributed by atoms with Crippen molar-refractivity contribution in [2.75, 3.05) is 13.2 Å². The summed E-state index contributed by atoms with van der Waals surface area (Å²) in [6.45, 7) is 6.24. The summed E-state index contributed by atoms with van der Waals surface area (Å²) in [6, 6.07) is 13.0. The molecular formula is C21H24N2O4. The number of hydrazine groups is 1. The van der Waals surface area contributed by atoms with Gasteiger partial charge < -0.3 is 9.47 Å². The van der Waals surface area contributed by atoms with Crippen LogP contribution in [0.2, 0.25) is 0 Å². The number of carbonyl (C=O) groups excluding carboxylic acids is 2. The molecule has 0 bridgehead atoms. The van der Waals surface area contributed by atoms with Crippen LogP contribution in [0.15, 0.2) is 48.5 Å². The van der Waals surface area contributed by atoms with Crippen LogP contribution in [0.1, 0.15) is 23.6 Å². The predicted molar refractivity (Wildman–Crippen MR) is 104 cm³/mol. The Morgan fingerprint density at radius 3 is 2.22 bits per heavy atom. The maximum absolute atomic E-state index is 11.8. The smallest absolute Gasteiger partial charge is 0.276 e. The average molecular weight is 368 g/mol. The molecule has 0 heterocycles. The fourth-order valence-corrected chi connectivity index (χ4v) is 2.39. The van der Waals surface area contributed by atoms with Crippen LogP contribution in [0.4, 0.5) is 0 Å². The quantitative estimate of drug-likeness (QED) is 0.582. The van der Waals surface area contributed by atoms with Crippen LogP contribution < -0.4 is 20.3 Å². The number of hydrogen-bond donors (Lipinski definition) is 2. The number of carbonyl (C=O) groups is 2. The molecule has 27 heavy (non-hydrogen) atoms. The molecule has 0 aromatic heterocycles. The second kappa shape index (κ2) is 10.0. The normalized spacial score (nSPS) is 10.5. The summed E-state index contributed by atoms with van der Waals surface area (Å²) < 4.78 is 10.8. The van der Waals surface area contributed by atoms with Crippen molar-refractivity contribution in [3.63, 3.8) is 0 Å². The fourth-order valence-electron chi connectivity index (χ4n) is 2.39. The summed E-state index contributed by atoms with van der Waals surface area (Å²) in [5.41, 5.74) is 7.58. The monoisotopic (exact) mass is 368 g/mol. The molecule has 2 rings (SSSR count). The van der Waals surface area contributed by atoms with E-state index in [2.05, 4.69) is 10.9 Å². The van der Waals surface area contributed by atoms with Gasteiger partial charge in [0, 0.05) is 6.08 Å². The van der Waals surface area contributed by atoms with Crippen molar-refractivity contribution in [1.82, 2.24) is 10.9 Å². The summed E-state index contributed by atoms with van der Waals surface area (Å²) in [4.78, 5) is 23.6. The van der Waals surface area contributed by atoms with Crippen LogP contribution in [-0.2, 0) is 9.59 Å². The lowest BCUT2D eigenvalue weighted by molar-refractivity contribution is -0.128. The molecule has 0 radical (unpaired) electrons. The summed E-state index contributed by atoms with van der Waals surface area (Å²) in [5.74, 6) is 0.500. The van der Waals surface area contributed by atoms with Crippen molar-refractivity contribution in [3.8, 4) is 11.5 Å². The molecule has 0 unspecified atom stereocenters. The van der Waals surface area contributed by atoms with E-state index in [0.717, 1.165) is 22.4 Å². The zero-order valence-corrected chi connectivity index (χ0v) is 15.7. The van der Waals surface area contributed by atoms with Crippen LogP contribution in [-0.4, -0.2) is 25.0 Å². The van der Waals surface area contributed by atoms with Gasteiger partial charge >= 0.3 is 0 Å². The third-order valence-corrected chi connectivity index (χ3v) is 3.51. The third-order valence-electron chi connectivity index (χ3n) is 3.51. The highest BCUT2D eigenvalue weighted by molar-refractivity contribution is 5.93. The van der Waals surface area contributed by atoms with Gasteiger partial charge in [-0.15, -0.1) is 0 Å². The number of ether oxygens (including phenoxy) is 2. The Balaban J connectivity index is 1.74. The zero-order valence-electron chi connectivity index (χ0n) is 15.7. The minimum atomic E-state index is -0.447. The molecule has 0 saturated heterocycles. The van der Waals surface area contributed by atoms with Gasteiger partial charge in [0.2, 0.25) is 0 Å². The highest BCUT2D eigenvalue weighted by Crippen LogP contribution is 2.16. The molecule has 0 spiro atoms. The highest BCUT2D eigenvalue weighted by Gasteiger charge is 2.04. The molecule has 2 N–H and O–H groups in total. The number of benzene rings is 2. The highest BCUT2D eigenvalue weighted by atomic mass is 16.5. The Hall–Kier alpha value is -3.28. The van der Waals surface area contributed by atoms with Crippen LogP contribution >= 0.6 is 0 Å². The van der Waals surface area contributed by atoms with Crippen LogP contribution in [0.25, 0.3) is 6.08 Å². The van der Waals surface area contributed by atoms with E-state index in [1.165, 1.54) is 6.08 Å². The van der Waals surface area contributed by atoms with E-state index in [-0.39, 0.29) is 6.61 Å². The largest absolute Gasteiger partial charge is 0.494 e. The number of hydrogen-bond acceptors (Lipinski definition) is 4. The first-order chi connectivity index (χ1) is 13.0. The van der Waals surface area contributed by atoms with Crippen molar-refractivity contribution in [1.29, 1.82) is 0 Å². The van der Waals surface area contributed by atoms with Gasteiger partial charge in [-0.3, -0.25) is 20.4 Å². The van der Waals surface area contributed by atoms with Crippen molar-refractivity contribution in [3.05, 3.63) is 65.2 Å². The van der Waals surface area contributed by atoms with Crippen molar-refractivity contribution in [2.45, 2.75) is 20.8 Å². The summed E-state index contributed by atoms with van der Waals surface area (Å²) in [5, 5.41) is 0. The minimum Gasteiger partial charge on any atom is -0.494 e. The second-order valence-corrected chi connectivity index (χ2v) is 5.98. The lowest BCUT2D eigenvalue weighted by Gasteiger charge is -2.09. The molecule has 0 fully saturated rings. The summed E-state index contributed by atoms with van der Waals surface area (Å²) in [7, 11) is 0. The minimum absolute atomic E-state index is 0.189. The number of amides is 2. The molecule has 6 heteroatoms. The first kappa shape index (κ1) is 20.0. The van der Waals surface area contributed by atoms with Gasteiger partial charge in [-0.25, -0.2) is 0 Å². The number of nitrogens with one attached hydrogen (secondary N) is 2. The topological polar surface area (TPSA) is 76.7 Å². The van der Waals surface area contributed by atoms with E-state index < -0.39 is 11.8 Å². The van der Waals surface area contributed by atoms with Gasteiger partial charge in [0.05, 0.1) is 6.61 Å². The van der Waals surface area contributed by atoms with Crippen LogP contribution in [0, 0.1) is 13.8 Å². The van der Waals surface area contributed by atoms with Crippen LogP contribution in [0.3, 0.4) is 0 Å². The second-order valence-electron chi connectivity index (χ2n) is 5.98. The van der Waals surface area contributed by atoms with E-state index in [4.69, 9.17) is 9.47 Å². The van der Waals surface area contributed by atoms with E-state index in [1.807, 2.05) is 63.2 Å². The first-order valence-electron chi connectivity index (χ1n) is 8.67. The third kappa shape index (κ3) is 7.23. The molecule has 0 atom stereocenters. The first-order valence-corrected chi connectivity index (χ1v) is 8.67. The zero-order chi connectivity index (χ0) is 19.6. The van der Waals surface area contributed by atoms with Gasteiger partial charge in [-0.2, -0.15) is 0 Å². The van der Waals surface area contributed by atoms with Crippen molar-refractivity contribution < 1.29 is 19.1 Å². The molecule has 142 valence electrons. The fraction of sp³-hybridized carbons (Fsp3) is 0.238. The standard InChI is InChI=1S/C21H24N2O4/c1-4-26-18-8-5-17(6-9-18)7-10-20(24)22-23-21(25)14-27-19-12-15(2)11-16(3)13-19/h5-13H,4,14H2,1-3H3,(H,22,24)(H,23,25)/b10-7+. The van der Waals surface area contributed by atoms with Crippen molar-refractivity contribution in [2.24, 2.45) is 0 Å². The van der Waals surface area contributed by atoms with E-state index in [0.29, 0.717) is 12.4 Å². The lowest BCUT2D eigenvalue weighted by atomic mass is 10.1. The molecule has 0 aliphatic carbocycles. The summed E-state index contributed by atoms with van der Waals surface area (Å²) in [6.07, 6.45) is 2.98. The Kier molecular flexibility index (Phi) is 7.43. The molecule has 0 aliphatic heterocycles. The van der Waals surface area contributed by atoms with Crippen LogP contribution in [0.5, 0.6) is 11.5 Å². The van der Waals surface area contributed by atoms with Crippen molar-refractivity contribution >= 4 is 17.9 Å². The Morgan fingerprint density at radius 1 is 0.926 bits per heavy atom. The number of aryl methyl sites for hydroxylation is 2. The van der Waals surface area contributed by atoms with E-state index in [1.54, 1.807) is 6.08 Å². The molecule has 0 aliphatic rings. The Bertz CT molecular complexity index is 793. The average Bonchev–Trinajstić information content (AvgIpc) is 2.63. The maximum atomic E-state index is 11.8. The molecule has 2 aromatic rings. The van der Waals surface area contributed by atoms with Gasteiger partial charge in [-0.1, -0.05) is 18.2 Å². The molecular weight excluding hydrogens is 344 g/mol. The molecule has 2 amide bonds. The SMILES string of the molecule is CCOc1ccc(/C=C/C(=O)NNC(=O)COc2cc(C)cc(C)c2)cc1. The van der Waals surface area contributed by atoms with Gasteiger partial charge in [0.1, 0.15) is 11.5 Å². The van der Waals surface area contributed by atoms with E-state index >= 15 is 0 Å². The predicted octanol–water partition coefficient (Wildman–Crippen LogP) is 2.94. The van der Waals surface area contributed by atoms with Gasteiger partial charge in [0.25, 0.3) is 11.8 Å². The van der Waals surface area contributed by atoms with E-state index in [9.17, 15) is 9.59 Å².